The van der Waals surface area contributed by atoms with Crippen molar-refractivity contribution in [1.82, 2.24) is 5.48 Å². The maximum absolute atomic E-state index is 11.8. The molecule has 1 heterocycles. The van der Waals surface area contributed by atoms with Gasteiger partial charge in [-0.3, -0.25) is 4.84 Å². The van der Waals surface area contributed by atoms with E-state index in [1.54, 1.807) is 6.92 Å². The smallest absolute Gasteiger partial charge is 0.413 e. The maximum atomic E-state index is 11.8. The molecule has 0 unspecified atom stereocenters. The van der Waals surface area contributed by atoms with Crippen molar-refractivity contribution in [3.8, 4) is 0 Å². The normalized spacial score (nSPS) is 11.6. The summed E-state index contributed by atoms with van der Waals surface area (Å²) in [7, 11) is 1.22. The quantitative estimate of drug-likeness (QED) is 0.502. The number of carbonyl (C=O) groups excluding carboxylic acids is 1. The molecule has 1 N–H and O–H groups in total. The molecule has 0 bridgehead atoms. The second-order valence-electron chi connectivity index (χ2n) is 3.40. The number of rotatable bonds is 5. The average Bonchev–Trinajstić information content (AvgIpc) is 2.64. The highest BCUT2D eigenvalue weighted by Crippen LogP contribution is 2.16. The van der Waals surface area contributed by atoms with E-state index < -0.39 is 18.8 Å². The van der Waals surface area contributed by atoms with Gasteiger partial charge in [-0.2, -0.15) is 18.7 Å². The molecular formula is C10H12F3NO4. The molecule has 18 heavy (non-hydrogen) atoms. The van der Waals surface area contributed by atoms with Gasteiger partial charge in [-0.1, -0.05) is 0 Å². The predicted molar refractivity (Wildman–Crippen MR) is 53.6 cm³/mol. The number of ether oxygens (including phenoxy) is 1. The second-order valence-corrected chi connectivity index (χ2v) is 3.40. The van der Waals surface area contributed by atoms with Crippen LogP contribution in [0.1, 0.15) is 21.9 Å². The van der Waals surface area contributed by atoms with E-state index in [-0.39, 0.29) is 17.9 Å². The van der Waals surface area contributed by atoms with Crippen LogP contribution in [0.3, 0.4) is 0 Å². The van der Waals surface area contributed by atoms with Crippen LogP contribution in [-0.2, 0) is 16.1 Å². The summed E-state index contributed by atoms with van der Waals surface area (Å²) >= 11 is 0. The maximum Gasteiger partial charge on any atom is 0.413 e. The third-order valence-electron chi connectivity index (χ3n) is 1.96. The van der Waals surface area contributed by atoms with Crippen LogP contribution in [0.15, 0.2) is 10.5 Å². The van der Waals surface area contributed by atoms with Crippen LogP contribution in [0.4, 0.5) is 13.2 Å². The summed E-state index contributed by atoms with van der Waals surface area (Å²) in [5.41, 5.74) is 2.32. The second kappa shape index (κ2) is 5.87. The summed E-state index contributed by atoms with van der Waals surface area (Å²) in [4.78, 5) is 15.4. The van der Waals surface area contributed by atoms with Crippen LogP contribution < -0.4 is 5.48 Å². The van der Waals surface area contributed by atoms with Gasteiger partial charge in [0.05, 0.1) is 13.7 Å². The van der Waals surface area contributed by atoms with E-state index in [9.17, 15) is 18.0 Å². The summed E-state index contributed by atoms with van der Waals surface area (Å²) in [6.07, 6.45) is -4.40. The number of halogens is 3. The molecule has 0 saturated heterocycles. The molecule has 0 saturated carbocycles. The molecule has 0 amide bonds. The monoisotopic (exact) mass is 267 g/mol. The van der Waals surface area contributed by atoms with Crippen molar-refractivity contribution in [3.05, 3.63) is 23.2 Å². The molecule has 8 heteroatoms. The minimum Gasteiger partial charge on any atom is -0.465 e. The molecule has 0 fully saturated rings. The van der Waals surface area contributed by atoms with Gasteiger partial charge in [-0.25, -0.2) is 4.79 Å². The summed E-state index contributed by atoms with van der Waals surface area (Å²) in [6.45, 7) is 0.0524. The molecule has 102 valence electrons. The molecule has 0 aliphatic rings. The fourth-order valence-electron chi connectivity index (χ4n) is 1.20. The van der Waals surface area contributed by atoms with Crippen molar-refractivity contribution < 1.29 is 32.0 Å². The van der Waals surface area contributed by atoms with E-state index in [1.165, 1.54) is 13.2 Å². The summed E-state index contributed by atoms with van der Waals surface area (Å²) in [5, 5.41) is 0. The van der Waals surface area contributed by atoms with Crippen LogP contribution in [0.25, 0.3) is 0 Å². The van der Waals surface area contributed by atoms with E-state index in [4.69, 9.17) is 4.42 Å². The molecule has 0 aliphatic heterocycles. The first-order chi connectivity index (χ1) is 8.33. The van der Waals surface area contributed by atoms with E-state index in [0.717, 1.165) is 0 Å². The molecule has 0 spiro atoms. The molecule has 0 radical (unpaired) electrons. The zero-order valence-corrected chi connectivity index (χ0v) is 9.76. The highest BCUT2D eigenvalue weighted by atomic mass is 19.4. The van der Waals surface area contributed by atoms with Gasteiger partial charge in [0, 0.05) is 0 Å². The molecule has 0 atom stereocenters. The molecular weight excluding hydrogens is 255 g/mol. The zero-order chi connectivity index (χ0) is 13.8. The van der Waals surface area contributed by atoms with Crippen LogP contribution in [-0.4, -0.2) is 25.9 Å². The first-order valence-electron chi connectivity index (χ1n) is 4.92. The van der Waals surface area contributed by atoms with E-state index in [1.807, 2.05) is 0 Å². The number of furan rings is 1. The fourth-order valence-corrected chi connectivity index (χ4v) is 1.20. The van der Waals surface area contributed by atoms with Gasteiger partial charge in [0.25, 0.3) is 0 Å². The Morgan fingerprint density at radius 1 is 1.50 bits per heavy atom. The summed E-state index contributed by atoms with van der Waals surface area (Å²) < 4.78 is 44.9. The van der Waals surface area contributed by atoms with Gasteiger partial charge in [0.1, 0.15) is 17.1 Å². The standard InChI is InChI=1S/C10H12F3NO4/c1-6-8(9(15)16-2)3-7(18-6)4-14-17-5-10(11,12)13/h3,14H,4-5H2,1-2H3. The number of esters is 1. The molecule has 1 rings (SSSR count). The number of hydroxylamine groups is 1. The third-order valence-corrected chi connectivity index (χ3v) is 1.96. The average molecular weight is 267 g/mol. The third kappa shape index (κ3) is 4.38. The fraction of sp³-hybridized carbons (Fsp3) is 0.500. The Bertz CT molecular complexity index is 414. The summed E-state index contributed by atoms with van der Waals surface area (Å²) in [5.74, 6) is 0.0308. The first-order valence-corrected chi connectivity index (χ1v) is 4.92. The Hall–Kier alpha value is -1.54. The number of methoxy groups -OCH3 is 1. The van der Waals surface area contributed by atoms with Crippen LogP contribution >= 0.6 is 0 Å². The SMILES string of the molecule is COC(=O)c1cc(CNOCC(F)(F)F)oc1C. The van der Waals surface area contributed by atoms with Gasteiger partial charge >= 0.3 is 12.1 Å². The van der Waals surface area contributed by atoms with Gasteiger partial charge in [-0.15, -0.1) is 0 Å². The van der Waals surface area contributed by atoms with E-state index in [0.29, 0.717) is 5.76 Å². The first kappa shape index (κ1) is 14.5. The van der Waals surface area contributed by atoms with Crippen molar-refractivity contribution in [3.63, 3.8) is 0 Å². The Morgan fingerprint density at radius 3 is 2.72 bits per heavy atom. The molecule has 0 aliphatic carbocycles. The lowest BCUT2D eigenvalue weighted by Gasteiger charge is -2.06. The minimum atomic E-state index is -4.40. The zero-order valence-electron chi connectivity index (χ0n) is 9.76. The van der Waals surface area contributed by atoms with Gasteiger partial charge in [0.2, 0.25) is 0 Å². The van der Waals surface area contributed by atoms with Crippen molar-refractivity contribution in [2.24, 2.45) is 0 Å². The number of hydrogen-bond acceptors (Lipinski definition) is 5. The summed E-state index contributed by atoms with van der Waals surface area (Å²) in [6, 6.07) is 1.38. The Morgan fingerprint density at radius 2 is 2.17 bits per heavy atom. The number of hydrogen-bond donors (Lipinski definition) is 1. The van der Waals surface area contributed by atoms with Crippen molar-refractivity contribution >= 4 is 5.97 Å². The highest BCUT2D eigenvalue weighted by molar-refractivity contribution is 5.90. The van der Waals surface area contributed by atoms with Gasteiger partial charge in [0.15, 0.2) is 6.61 Å². The molecule has 0 aromatic carbocycles. The van der Waals surface area contributed by atoms with Crippen molar-refractivity contribution in [1.29, 1.82) is 0 Å². The minimum absolute atomic E-state index is 0.0894. The van der Waals surface area contributed by atoms with Gasteiger partial charge in [-0.05, 0) is 13.0 Å². The lowest BCUT2D eigenvalue weighted by molar-refractivity contribution is -0.190. The van der Waals surface area contributed by atoms with E-state index in [2.05, 4.69) is 15.1 Å². The lowest BCUT2D eigenvalue weighted by atomic mass is 10.2. The Labute approximate surface area is 101 Å². The van der Waals surface area contributed by atoms with Crippen molar-refractivity contribution in [2.75, 3.05) is 13.7 Å². The lowest BCUT2D eigenvalue weighted by Crippen LogP contribution is -2.24. The predicted octanol–water partition coefficient (Wildman–Crippen LogP) is 1.96. The molecule has 5 nitrogen and oxygen atoms in total. The molecule has 1 aromatic heterocycles. The van der Waals surface area contributed by atoms with E-state index >= 15 is 0 Å². The Kier molecular flexibility index (Phi) is 4.74. The highest BCUT2D eigenvalue weighted by Gasteiger charge is 2.27. The topological polar surface area (TPSA) is 60.7 Å². The van der Waals surface area contributed by atoms with Crippen molar-refractivity contribution in [2.45, 2.75) is 19.6 Å². The molecule has 1 aromatic rings. The number of nitrogens with one attached hydrogen (secondary N) is 1. The largest absolute Gasteiger partial charge is 0.465 e. The van der Waals surface area contributed by atoms with Crippen LogP contribution in [0.2, 0.25) is 0 Å². The Balaban J connectivity index is 2.47. The number of carbonyl (C=O) groups is 1. The van der Waals surface area contributed by atoms with Gasteiger partial charge < -0.3 is 9.15 Å². The van der Waals surface area contributed by atoms with Crippen LogP contribution in [0.5, 0.6) is 0 Å². The number of alkyl halides is 3. The van der Waals surface area contributed by atoms with Crippen LogP contribution in [0, 0.1) is 6.92 Å². The number of aryl methyl sites for hydroxylation is 1.